The number of benzodiazepines with no additional fused rings is 1. The van der Waals surface area contributed by atoms with Crippen molar-refractivity contribution in [2.45, 2.75) is 0 Å². The molecule has 0 unspecified atom stereocenters. The molecule has 3 aromatic rings. The highest BCUT2D eigenvalue weighted by molar-refractivity contribution is 9.10. The van der Waals surface area contributed by atoms with Crippen molar-refractivity contribution < 1.29 is 14.3 Å². The van der Waals surface area contributed by atoms with Gasteiger partial charge in [0, 0.05) is 15.6 Å². The van der Waals surface area contributed by atoms with Gasteiger partial charge in [-0.3, -0.25) is 14.6 Å². The zero-order chi connectivity index (χ0) is 23.2. The number of benzene rings is 3. The normalized spacial score (nSPS) is 13.3. The summed E-state index contributed by atoms with van der Waals surface area (Å²) in [6.07, 6.45) is 1.53. The fraction of sp³-hybridized carbons (Fsp3) is 0.120. The Kier molecular flexibility index (Phi) is 6.95. The first-order valence-corrected chi connectivity index (χ1v) is 11.0. The molecule has 1 aliphatic heterocycles. The zero-order valence-electron chi connectivity index (χ0n) is 17.9. The maximum absolute atomic E-state index is 12.9. The summed E-state index contributed by atoms with van der Waals surface area (Å²) in [4.78, 5) is 31.5. The van der Waals surface area contributed by atoms with Gasteiger partial charge >= 0.3 is 0 Å². The number of ether oxygens (including phenoxy) is 1. The summed E-state index contributed by atoms with van der Waals surface area (Å²) in [7, 11) is 1.60. The first-order valence-electron chi connectivity index (χ1n) is 10.2. The van der Waals surface area contributed by atoms with E-state index in [0.717, 1.165) is 26.9 Å². The maximum Gasteiger partial charge on any atom is 0.260 e. The average molecular weight is 505 g/mol. The molecule has 1 heterocycles. The second-order valence-corrected chi connectivity index (χ2v) is 8.15. The number of carbonyl (C=O) groups excluding carboxylic acids is 2. The maximum atomic E-state index is 12.9. The van der Waals surface area contributed by atoms with Crippen LogP contribution in [-0.4, -0.2) is 43.9 Å². The first kappa shape index (κ1) is 22.4. The molecule has 0 bridgehead atoms. The second-order valence-electron chi connectivity index (χ2n) is 7.24. The number of anilines is 1. The zero-order valence-corrected chi connectivity index (χ0v) is 19.5. The Morgan fingerprint density at radius 1 is 1.15 bits per heavy atom. The molecule has 0 atom stereocenters. The highest BCUT2D eigenvalue weighted by Gasteiger charge is 2.27. The van der Waals surface area contributed by atoms with Crippen LogP contribution < -0.4 is 15.1 Å². The smallest absolute Gasteiger partial charge is 0.260 e. The van der Waals surface area contributed by atoms with Crippen molar-refractivity contribution in [2.75, 3.05) is 25.1 Å². The quantitative estimate of drug-likeness (QED) is 0.409. The van der Waals surface area contributed by atoms with Crippen LogP contribution >= 0.6 is 15.9 Å². The third kappa shape index (κ3) is 5.35. The van der Waals surface area contributed by atoms with E-state index in [1.54, 1.807) is 19.2 Å². The molecule has 0 saturated carbocycles. The van der Waals surface area contributed by atoms with Crippen LogP contribution in [0.3, 0.4) is 0 Å². The van der Waals surface area contributed by atoms with Gasteiger partial charge in [0.2, 0.25) is 5.91 Å². The van der Waals surface area contributed by atoms with Crippen molar-refractivity contribution in [1.82, 2.24) is 5.43 Å². The number of rotatable bonds is 6. The minimum atomic E-state index is -0.412. The third-order valence-corrected chi connectivity index (χ3v) is 5.54. The number of nitrogens with zero attached hydrogens (tertiary/aromatic N) is 3. The van der Waals surface area contributed by atoms with Gasteiger partial charge in [0.05, 0.1) is 24.7 Å². The predicted molar refractivity (Wildman–Crippen MR) is 132 cm³/mol. The average Bonchev–Trinajstić information content (AvgIpc) is 2.96. The van der Waals surface area contributed by atoms with Gasteiger partial charge in [0.1, 0.15) is 18.8 Å². The van der Waals surface area contributed by atoms with Crippen molar-refractivity contribution in [1.29, 1.82) is 0 Å². The summed E-state index contributed by atoms with van der Waals surface area (Å²) in [5.74, 6) is 0.0576. The van der Waals surface area contributed by atoms with E-state index in [4.69, 9.17) is 4.74 Å². The number of methoxy groups -OCH3 is 1. The van der Waals surface area contributed by atoms with Crippen LogP contribution in [0.2, 0.25) is 0 Å². The number of hydrogen-bond donors (Lipinski definition) is 1. The first-order chi connectivity index (χ1) is 16.0. The Balaban J connectivity index is 1.54. The standard InChI is InChI=1S/C25H21BrN4O3/c1-33-20-10-7-17(8-11-20)14-28-29-23(31)16-30-22-12-9-19(26)13-21(22)25(27-15-24(30)32)18-5-3-2-4-6-18/h2-14H,15-16H2,1H3,(H,29,31)/b28-14-. The number of nitrogens with one attached hydrogen (secondary N) is 1. The molecule has 4 rings (SSSR count). The van der Waals surface area contributed by atoms with Crippen molar-refractivity contribution in [3.05, 3.63) is 94.0 Å². The SMILES string of the molecule is COc1ccc(/C=N\NC(=O)CN2C(=O)CN=C(c3ccccc3)c3cc(Br)ccc32)cc1. The monoisotopic (exact) mass is 504 g/mol. The summed E-state index contributed by atoms with van der Waals surface area (Å²) in [6.45, 7) is -0.232. The summed E-state index contributed by atoms with van der Waals surface area (Å²) < 4.78 is 5.98. The van der Waals surface area contributed by atoms with E-state index in [2.05, 4.69) is 31.4 Å². The molecule has 0 fully saturated rings. The molecule has 2 amide bonds. The topological polar surface area (TPSA) is 83.4 Å². The Hall–Kier alpha value is -3.78. The second kappa shape index (κ2) is 10.2. The molecular formula is C25H21BrN4O3. The lowest BCUT2D eigenvalue weighted by molar-refractivity contribution is -0.123. The number of aliphatic imine (C=N–C) groups is 1. The summed E-state index contributed by atoms with van der Waals surface area (Å²) >= 11 is 3.50. The number of halogens is 1. The molecule has 8 heteroatoms. The van der Waals surface area contributed by atoms with E-state index < -0.39 is 5.91 Å². The Morgan fingerprint density at radius 3 is 2.64 bits per heavy atom. The van der Waals surface area contributed by atoms with Gasteiger partial charge in [-0.05, 0) is 48.0 Å². The van der Waals surface area contributed by atoms with Gasteiger partial charge in [0.15, 0.2) is 0 Å². The van der Waals surface area contributed by atoms with Crippen LogP contribution in [0, 0.1) is 0 Å². The number of hydrazone groups is 1. The van der Waals surface area contributed by atoms with Gasteiger partial charge in [-0.15, -0.1) is 0 Å². The Labute approximate surface area is 199 Å². The number of fused-ring (bicyclic) bond motifs is 1. The van der Waals surface area contributed by atoms with E-state index in [1.807, 2.05) is 60.7 Å². The van der Waals surface area contributed by atoms with E-state index in [1.165, 1.54) is 11.1 Å². The minimum absolute atomic E-state index is 0.0566. The minimum Gasteiger partial charge on any atom is -0.497 e. The van der Waals surface area contributed by atoms with Gasteiger partial charge in [0.25, 0.3) is 5.91 Å². The largest absolute Gasteiger partial charge is 0.497 e. The molecule has 0 saturated heterocycles. The van der Waals surface area contributed by atoms with Crippen LogP contribution in [0.25, 0.3) is 0 Å². The molecule has 166 valence electrons. The van der Waals surface area contributed by atoms with Crippen LogP contribution in [0.4, 0.5) is 5.69 Å². The van der Waals surface area contributed by atoms with Gasteiger partial charge in [-0.1, -0.05) is 46.3 Å². The fourth-order valence-corrected chi connectivity index (χ4v) is 3.81. The van der Waals surface area contributed by atoms with E-state index in [0.29, 0.717) is 11.4 Å². The van der Waals surface area contributed by atoms with Crippen LogP contribution in [0.1, 0.15) is 16.7 Å². The van der Waals surface area contributed by atoms with Gasteiger partial charge in [-0.2, -0.15) is 5.10 Å². The van der Waals surface area contributed by atoms with Crippen LogP contribution in [0.5, 0.6) is 5.75 Å². The van der Waals surface area contributed by atoms with E-state index >= 15 is 0 Å². The van der Waals surface area contributed by atoms with Crippen LogP contribution in [0.15, 0.2) is 87.4 Å². The number of carbonyl (C=O) groups is 2. The Bertz CT molecular complexity index is 1220. The third-order valence-electron chi connectivity index (χ3n) is 5.05. The molecular weight excluding hydrogens is 484 g/mol. The number of amides is 2. The predicted octanol–water partition coefficient (Wildman–Crippen LogP) is 3.79. The summed E-state index contributed by atoms with van der Waals surface area (Å²) in [5.41, 5.74) is 6.30. The molecule has 0 aliphatic carbocycles. The van der Waals surface area contributed by atoms with Crippen molar-refractivity contribution in [3.8, 4) is 5.75 Å². The molecule has 1 aliphatic rings. The lowest BCUT2D eigenvalue weighted by Crippen LogP contribution is -2.40. The fourth-order valence-electron chi connectivity index (χ4n) is 3.45. The van der Waals surface area contributed by atoms with Gasteiger partial charge < -0.3 is 9.64 Å². The van der Waals surface area contributed by atoms with Crippen molar-refractivity contribution >= 4 is 45.4 Å². The van der Waals surface area contributed by atoms with Crippen molar-refractivity contribution in [2.24, 2.45) is 10.1 Å². The Morgan fingerprint density at radius 2 is 1.91 bits per heavy atom. The summed E-state index contributed by atoms with van der Waals surface area (Å²) in [5, 5.41) is 4.00. The molecule has 7 nitrogen and oxygen atoms in total. The molecule has 33 heavy (non-hydrogen) atoms. The molecule has 0 aromatic heterocycles. The van der Waals surface area contributed by atoms with E-state index in [-0.39, 0.29) is 19.0 Å². The lowest BCUT2D eigenvalue weighted by atomic mass is 10.0. The summed E-state index contributed by atoms with van der Waals surface area (Å²) in [6, 6.07) is 22.5. The molecule has 0 radical (unpaired) electrons. The van der Waals surface area contributed by atoms with Gasteiger partial charge in [-0.25, -0.2) is 5.43 Å². The molecule has 0 spiro atoms. The lowest BCUT2D eigenvalue weighted by Gasteiger charge is -2.22. The molecule has 1 N–H and O–H groups in total. The van der Waals surface area contributed by atoms with Crippen LogP contribution in [-0.2, 0) is 9.59 Å². The van der Waals surface area contributed by atoms with E-state index in [9.17, 15) is 9.59 Å². The molecule has 3 aromatic carbocycles. The highest BCUT2D eigenvalue weighted by Crippen LogP contribution is 2.29. The number of hydrogen-bond acceptors (Lipinski definition) is 5. The highest BCUT2D eigenvalue weighted by atomic mass is 79.9. The van der Waals surface area contributed by atoms with Crippen molar-refractivity contribution in [3.63, 3.8) is 0 Å².